The van der Waals surface area contributed by atoms with E-state index >= 15 is 0 Å². The van der Waals surface area contributed by atoms with E-state index in [0.717, 1.165) is 5.56 Å². The molecule has 4 atom stereocenters. The molecule has 44 heavy (non-hydrogen) atoms. The number of amides is 4. The maximum Gasteiger partial charge on any atom is 0.248 e. The number of rotatable bonds is 15. The summed E-state index contributed by atoms with van der Waals surface area (Å²) in [7, 11) is 1.54. The lowest BCUT2D eigenvalue weighted by Crippen LogP contribution is -2.57. The number of morpholine rings is 1. The summed E-state index contributed by atoms with van der Waals surface area (Å²) < 4.78 is 15.7. The van der Waals surface area contributed by atoms with Crippen molar-refractivity contribution in [3.8, 4) is 5.75 Å². The van der Waals surface area contributed by atoms with Gasteiger partial charge in [-0.05, 0) is 48.7 Å². The maximum atomic E-state index is 13.7. The number of nitrogens with zero attached hydrogens (tertiary/aromatic N) is 1. The summed E-state index contributed by atoms with van der Waals surface area (Å²) in [5.74, 6) is -1.68. The lowest BCUT2D eigenvalue weighted by atomic mass is 9.98. The average molecular weight is 610 g/mol. The van der Waals surface area contributed by atoms with Gasteiger partial charge in [-0.15, -0.1) is 0 Å². The minimum absolute atomic E-state index is 0.115. The third-order valence-corrected chi connectivity index (χ3v) is 7.46. The molecule has 2 heterocycles. The van der Waals surface area contributed by atoms with Gasteiger partial charge in [0.05, 0.1) is 39.5 Å². The fraction of sp³-hybridized carbons (Fsp3) is 0.452. The van der Waals surface area contributed by atoms with E-state index in [4.69, 9.17) is 19.9 Å². The summed E-state index contributed by atoms with van der Waals surface area (Å²) in [5.41, 5.74) is 7.09. The minimum atomic E-state index is -1.07. The topological polar surface area (TPSA) is 182 Å². The van der Waals surface area contributed by atoms with Gasteiger partial charge in [-0.2, -0.15) is 0 Å². The molecule has 2 saturated heterocycles. The summed E-state index contributed by atoms with van der Waals surface area (Å²) >= 11 is 0. The van der Waals surface area contributed by atoms with Crippen molar-refractivity contribution in [2.45, 2.75) is 44.0 Å². The van der Waals surface area contributed by atoms with Crippen molar-refractivity contribution >= 4 is 29.4 Å². The maximum absolute atomic E-state index is 13.7. The van der Waals surface area contributed by atoms with Gasteiger partial charge in [0.25, 0.3) is 0 Å². The van der Waals surface area contributed by atoms with Gasteiger partial charge in [-0.25, -0.2) is 0 Å². The highest BCUT2D eigenvalue weighted by molar-refractivity contribution is 5.97. The van der Waals surface area contributed by atoms with Crippen LogP contribution < -0.4 is 26.4 Å². The number of nitrogens with two attached hydrogens (primary N) is 1. The van der Waals surface area contributed by atoms with E-state index in [1.54, 1.807) is 62.6 Å². The molecule has 236 valence electrons. The normalized spacial score (nSPS) is 18.3. The van der Waals surface area contributed by atoms with E-state index in [-0.39, 0.29) is 37.7 Å². The van der Waals surface area contributed by atoms with Gasteiger partial charge in [0.15, 0.2) is 5.78 Å². The molecule has 0 saturated carbocycles. The molecule has 5 N–H and O–H groups in total. The fourth-order valence-corrected chi connectivity index (χ4v) is 4.79. The Balaban J connectivity index is 1.46. The summed E-state index contributed by atoms with van der Waals surface area (Å²) in [4.78, 5) is 66.0. The predicted octanol–water partition coefficient (Wildman–Crippen LogP) is -0.646. The van der Waals surface area contributed by atoms with Crippen molar-refractivity contribution in [2.24, 2.45) is 5.73 Å². The number of Topliss-reactive ketones (excluding diaryl/α,β-unsaturated/α-hetero) is 1. The molecule has 0 aliphatic carbocycles. The lowest BCUT2D eigenvalue weighted by Gasteiger charge is -2.27. The molecule has 0 bridgehead atoms. The molecule has 0 radical (unpaired) electrons. The SMILES string of the molecule is COc1ccc(C[C@H](NC(=O)[C@H](C)NC(=O)CN2CCOCC2)C(=O)N[C@@H](Cc2ccc(C(N)=O)cc2)C(=O)[C@H]2CO2)cc1. The summed E-state index contributed by atoms with van der Waals surface area (Å²) in [6.45, 7) is 4.27. The first-order valence-corrected chi connectivity index (χ1v) is 14.5. The Morgan fingerprint density at radius 3 is 2.02 bits per heavy atom. The van der Waals surface area contributed by atoms with Crippen LogP contribution in [0.15, 0.2) is 48.5 Å². The van der Waals surface area contributed by atoms with Gasteiger partial charge < -0.3 is 35.9 Å². The number of nitrogens with one attached hydrogen (secondary N) is 3. The fourth-order valence-electron chi connectivity index (χ4n) is 4.79. The van der Waals surface area contributed by atoms with Crippen LogP contribution >= 0.6 is 0 Å². The highest BCUT2D eigenvalue weighted by Crippen LogP contribution is 2.17. The van der Waals surface area contributed by atoms with Crippen molar-refractivity contribution < 1.29 is 38.2 Å². The average Bonchev–Trinajstić information content (AvgIpc) is 3.87. The second-order valence-electron chi connectivity index (χ2n) is 10.8. The van der Waals surface area contributed by atoms with Crippen LogP contribution in [-0.4, -0.2) is 105 Å². The van der Waals surface area contributed by atoms with E-state index < -0.39 is 42.0 Å². The monoisotopic (exact) mass is 609 g/mol. The number of hydrogen-bond donors (Lipinski definition) is 4. The highest BCUT2D eigenvalue weighted by atomic mass is 16.6. The Bertz CT molecular complexity index is 1320. The van der Waals surface area contributed by atoms with Gasteiger partial charge >= 0.3 is 0 Å². The Labute approximate surface area is 255 Å². The van der Waals surface area contributed by atoms with Gasteiger partial charge in [0.1, 0.15) is 23.9 Å². The summed E-state index contributed by atoms with van der Waals surface area (Å²) in [6.07, 6.45) is -0.369. The molecular formula is C31H39N5O8. The number of benzene rings is 2. The van der Waals surface area contributed by atoms with Gasteiger partial charge in [-0.3, -0.25) is 28.9 Å². The first-order valence-electron chi connectivity index (χ1n) is 14.5. The van der Waals surface area contributed by atoms with E-state index in [0.29, 0.717) is 43.2 Å². The molecule has 0 spiro atoms. The third kappa shape index (κ3) is 9.59. The molecule has 2 fully saturated rings. The van der Waals surface area contributed by atoms with Crippen LogP contribution in [0.3, 0.4) is 0 Å². The molecule has 13 heteroatoms. The zero-order chi connectivity index (χ0) is 31.6. The van der Waals surface area contributed by atoms with E-state index in [1.165, 1.54) is 0 Å². The molecule has 2 aromatic carbocycles. The molecule has 2 aliphatic heterocycles. The van der Waals surface area contributed by atoms with Crippen LogP contribution in [0.25, 0.3) is 0 Å². The largest absolute Gasteiger partial charge is 0.497 e. The molecule has 2 aromatic rings. The number of ketones is 1. The molecule has 0 unspecified atom stereocenters. The number of methoxy groups -OCH3 is 1. The highest BCUT2D eigenvalue weighted by Gasteiger charge is 2.38. The second-order valence-corrected chi connectivity index (χ2v) is 10.8. The zero-order valence-electron chi connectivity index (χ0n) is 24.9. The Hall–Kier alpha value is -4.33. The molecule has 0 aromatic heterocycles. The second kappa shape index (κ2) is 15.4. The predicted molar refractivity (Wildman–Crippen MR) is 159 cm³/mol. The Morgan fingerprint density at radius 2 is 1.45 bits per heavy atom. The number of hydrogen-bond acceptors (Lipinski definition) is 9. The number of ether oxygens (including phenoxy) is 3. The number of carbonyl (C=O) groups is 5. The number of epoxide rings is 1. The van der Waals surface area contributed by atoms with Crippen molar-refractivity contribution in [3.63, 3.8) is 0 Å². The first-order chi connectivity index (χ1) is 21.1. The van der Waals surface area contributed by atoms with Gasteiger partial charge in [0, 0.05) is 25.1 Å². The van der Waals surface area contributed by atoms with Crippen LogP contribution in [0.2, 0.25) is 0 Å². The Morgan fingerprint density at radius 1 is 0.886 bits per heavy atom. The van der Waals surface area contributed by atoms with E-state index in [2.05, 4.69) is 16.0 Å². The van der Waals surface area contributed by atoms with Crippen molar-refractivity contribution in [1.82, 2.24) is 20.9 Å². The van der Waals surface area contributed by atoms with Crippen LogP contribution in [0, 0.1) is 0 Å². The number of primary amides is 1. The molecule has 4 amide bonds. The molecular weight excluding hydrogens is 570 g/mol. The zero-order valence-corrected chi connectivity index (χ0v) is 24.9. The molecule has 13 nitrogen and oxygen atoms in total. The molecule has 4 rings (SSSR count). The van der Waals surface area contributed by atoms with Crippen LogP contribution in [0.1, 0.15) is 28.4 Å². The Kier molecular flexibility index (Phi) is 11.4. The van der Waals surface area contributed by atoms with E-state index in [1.807, 2.05) is 4.90 Å². The number of carbonyl (C=O) groups excluding carboxylic acids is 5. The van der Waals surface area contributed by atoms with E-state index in [9.17, 15) is 24.0 Å². The standard InChI is InChI=1S/C31H39N5O8/c1-19(33-27(37)17-36-11-13-43-14-12-36)30(40)35-25(16-21-5-9-23(42-2)10-6-21)31(41)34-24(28(38)26-18-44-26)15-20-3-7-22(8-4-20)29(32)39/h3-10,19,24-26H,11-18H2,1-2H3,(H2,32,39)(H,33,37)(H,34,41)(H,35,40)/t19-,24-,25-,26+/m0/s1. The van der Waals surface area contributed by atoms with Crippen LogP contribution in [0.4, 0.5) is 0 Å². The van der Waals surface area contributed by atoms with Crippen LogP contribution in [0.5, 0.6) is 5.75 Å². The smallest absolute Gasteiger partial charge is 0.248 e. The van der Waals surface area contributed by atoms with Crippen molar-refractivity contribution in [3.05, 3.63) is 65.2 Å². The lowest BCUT2D eigenvalue weighted by molar-refractivity contribution is -0.133. The summed E-state index contributed by atoms with van der Waals surface area (Å²) in [6, 6.07) is 10.5. The van der Waals surface area contributed by atoms with Crippen molar-refractivity contribution in [2.75, 3.05) is 46.6 Å². The first kappa shape index (κ1) is 32.6. The van der Waals surface area contributed by atoms with Crippen LogP contribution in [-0.2, 0) is 41.5 Å². The quantitative estimate of drug-likeness (QED) is 0.191. The third-order valence-electron chi connectivity index (χ3n) is 7.46. The molecule has 2 aliphatic rings. The van der Waals surface area contributed by atoms with Crippen molar-refractivity contribution in [1.29, 1.82) is 0 Å². The minimum Gasteiger partial charge on any atom is -0.497 e. The summed E-state index contributed by atoms with van der Waals surface area (Å²) in [5, 5.41) is 8.24. The van der Waals surface area contributed by atoms with Gasteiger partial charge in [0.2, 0.25) is 23.6 Å². The van der Waals surface area contributed by atoms with Gasteiger partial charge in [-0.1, -0.05) is 24.3 Å².